The highest BCUT2D eigenvalue weighted by atomic mass is 16.5. The zero-order chi connectivity index (χ0) is 17.4. The summed E-state index contributed by atoms with van der Waals surface area (Å²) >= 11 is 0. The van der Waals surface area contributed by atoms with E-state index in [0.29, 0.717) is 22.6 Å². The standard InChI is InChI=1S/C18H16N2O4/c1-19(2)16(21)14-10-11(8-9-15(14)24-3)20-17(22)12-6-4-5-7-13(12)18(20)23/h4-10H,1-3H3. The lowest BCUT2D eigenvalue weighted by atomic mass is 10.1. The lowest BCUT2D eigenvalue weighted by molar-refractivity contribution is 0.0822. The molecule has 0 aromatic heterocycles. The molecule has 1 heterocycles. The van der Waals surface area contributed by atoms with Crippen molar-refractivity contribution < 1.29 is 19.1 Å². The van der Waals surface area contributed by atoms with Crippen LogP contribution in [0.5, 0.6) is 5.75 Å². The molecule has 6 heteroatoms. The summed E-state index contributed by atoms with van der Waals surface area (Å²) in [7, 11) is 4.70. The highest BCUT2D eigenvalue weighted by molar-refractivity contribution is 6.34. The van der Waals surface area contributed by atoms with Crippen LogP contribution in [0.4, 0.5) is 5.69 Å². The molecule has 1 aliphatic heterocycles. The first-order valence-corrected chi connectivity index (χ1v) is 7.33. The third-order valence-electron chi connectivity index (χ3n) is 3.87. The van der Waals surface area contributed by atoms with Crippen molar-refractivity contribution in [2.24, 2.45) is 0 Å². The fourth-order valence-electron chi connectivity index (χ4n) is 2.67. The van der Waals surface area contributed by atoms with Gasteiger partial charge in [-0.15, -0.1) is 0 Å². The summed E-state index contributed by atoms with van der Waals surface area (Å²) in [5.74, 6) is -0.688. The number of carbonyl (C=O) groups excluding carboxylic acids is 3. The molecule has 3 amide bonds. The molecule has 0 saturated carbocycles. The summed E-state index contributed by atoms with van der Waals surface area (Å²) in [6, 6.07) is 11.3. The Hall–Kier alpha value is -3.15. The van der Waals surface area contributed by atoms with Gasteiger partial charge in [-0.2, -0.15) is 0 Å². The third-order valence-corrected chi connectivity index (χ3v) is 3.87. The van der Waals surface area contributed by atoms with E-state index in [1.807, 2.05) is 0 Å². The van der Waals surface area contributed by atoms with Crippen LogP contribution in [0.25, 0.3) is 0 Å². The highest BCUT2D eigenvalue weighted by Crippen LogP contribution is 2.31. The predicted octanol–water partition coefficient (Wildman–Crippen LogP) is 2.20. The zero-order valence-electron chi connectivity index (χ0n) is 13.6. The molecule has 0 unspecified atom stereocenters. The van der Waals surface area contributed by atoms with Crippen LogP contribution < -0.4 is 9.64 Å². The number of methoxy groups -OCH3 is 1. The van der Waals surface area contributed by atoms with Gasteiger partial charge >= 0.3 is 0 Å². The van der Waals surface area contributed by atoms with Gasteiger partial charge in [-0.25, -0.2) is 4.90 Å². The second kappa shape index (κ2) is 5.81. The van der Waals surface area contributed by atoms with Gasteiger partial charge in [-0.05, 0) is 30.3 Å². The van der Waals surface area contributed by atoms with Gasteiger partial charge in [-0.3, -0.25) is 14.4 Å². The lowest BCUT2D eigenvalue weighted by Crippen LogP contribution is -2.30. The molecule has 0 fully saturated rings. The minimum Gasteiger partial charge on any atom is -0.496 e. The van der Waals surface area contributed by atoms with E-state index >= 15 is 0 Å². The molecule has 3 rings (SSSR count). The molecule has 0 N–H and O–H groups in total. The smallest absolute Gasteiger partial charge is 0.266 e. The first kappa shape index (κ1) is 15.7. The molecule has 122 valence electrons. The van der Waals surface area contributed by atoms with Crippen LogP contribution in [0.15, 0.2) is 42.5 Å². The van der Waals surface area contributed by atoms with Crippen molar-refractivity contribution in [2.75, 3.05) is 26.1 Å². The molecule has 2 aromatic rings. The number of nitrogens with zero attached hydrogens (tertiary/aromatic N) is 2. The Bertz CT molecular complexity index is 823. The Balaban J connectivity index is 2.08. The monoisotopic (exact) mass is 324 g/mol. The molecule has 6 nitrogen and oxygen atoms in total. The Morgan fingerprint density at radius 2 is 1.58 bits per heavy atom. The summed E-state index contributed by atoms with van der Waals surface area (Å²) in [5, 5.41) is 0. The van der Waals surface area contributed by atoms with Crippen molar-refractivity contribution in [3.05, 3.63) is 59.2 Å². The molecule has 0 saturated heterocycles. The summed E-state index contributed by atoms with van der Waals surface area (Å²) < 4.78 is 5.21. The Labute approximate surface area is 139 Å². The topological polar surface area (TPSA) is 66.9 Å². The van der Waals surface area contributed by atoms with Gasteiger partial charge in [0.1, 0.15) is 5.75 Å². The first-order chi connectivity index (χ1) is 11.5. The van der Waals surface area contributed by atoms with E-state index in [4.69, 9.17) is 4.74 Å². The molecule has 1 aliphatic rings. The van der Waals surface area contributed by atoms with Crippen molar-refractivity contribution in [1.29, 1.82) is 0 Å². The van der Waals surface area contributed by atoms with E-state index in [1.54, 1.807) is 50.5 Å². The minimum absolute atomic E-state index is 0.273. The predicted molar refractivity (Wildman–Crippen MR) is 88.6 cm³/mol. The molecule has 0 radical (unpaired) electrons. The van der Waals surface area contributed by atoms with Crippen LogP contribution >= 0.6 is 0 Å². The van der Waals surface area contributed by atoms with Crippen LogP contribution in [0, 0.1) is 0 Å². The fraction of sp³-hybridized carbons (Fsp3) is 0.167. The average molecular weight is 324 g/mol. The van der Waals surface area contributed by atoms with Gasteiger partial charge < -0.3 is 9.64 Å². The number of anilines is 1. The van der Waals surface area contributed by atoms with Crippen molar-refractivity contribution in [1.82, 2.24) is 4.90 Å². The Kier molecular flexibility index (Phi) is 3.81. The zero-order valence-corrected chi connectivity index (χ0v) is 13.6. The minimum atomic E-state index is -0.399. The van der Waals surface area contributed by atoms with E-state index in [1.165, 1.54) is 18.1 Å². The summed E-state index contributed by atoms with van der Waals surface area (Å²) in [6.07, 6.45) is 0. The first-order valence-electron chi connectivity index (χ1n) is 7.33. The normalized spacial score (nSPS) is 13.0. The summed E-state index contributed by atoms with van der Waals surface area (Å²) in [4.78, 5) is 39.9. The van der Waals surface area contributed by atoms with Gasteiger partial charge in [0.05, 0.1) is 29.5 Å². The number of hydrogen-bond acceptors (Lipinski definition) is 4. The van der Waals surface area contributed by atoms with E-state index in [0.717, 1.165) is 4.90 Å². The van der Waals surface area contributed by atoms with Gasteiger partial charge in [0.2, 0.25) is 0 Å². The molecule has 0 atom stereocenters. The van der Waals surface area contributed by atoms with Crippen molar-refractivity contribution >= 4 is 23.4 Å². The largest absolute Gasteiger partial charge is 0.496 e. The van der Waals surface area contributed by atoms with Crippen LogP contribution in [0.1, 0.15) is 31.1 Å². The van der Waals surface area contributed by atoms with Gasteiger partial charge in [0, 0.05) is 14.1 Å². The SMILES string of the molecule is COc1ccc(N2C(=O)c3ccccc3C2=O)cc1C(=O)N(C)C. The second-order valence-electron chi connectivity index (χ2n) is 5.58. The van der Waals surface area contributed by atoms with Crippen molar-refractivity contribution in [3.8, 4) is 5.75 Å². The van der Waals surface area contributed by atoms with Crippen LogP contribution in [0.2, 0.25) is 0 Å². The van der Waals surface area contributed by atoms with Crippen molar-refractivity contribution in [2.45, 2.75) is 0 Å². The van der Waals surface area contributed by atoms with Crippen LogP contribution in [-0.4, -0.2) is 43.8 Å². The number of fused-ring (bicyclic) bond motifs is 1. The maximum absolute atomic E-state index is 12.6. The van der Waals surface area contributed by atoms with E-state index in [2.05, 4.69) is 0 Å². The van der Waals surface area contributed by atoms with E-state index in [9.17, 15) is 14.4 Å². The van der Waals surface area contributed by atoms with E-state index < -0.39 is 11.8 Å². The number of imide groups is 1. The molecule has 24 heavy (non-hydrogen) atoms. The Morgan fingerprint density at radius 3 is 2.08 bits per heavy atom. The molecule has 0 bridgehead atoms. The van der Waals surface area contributed by atoms with Gasteiger partial charge in [-0.1, -0.05) is 12.1 Å². The number of benzene rings is 2. The summed E-state index contributed by atoms with van der Waals surface area (Å²) in [5.41, 5.74) is 1.35. The van der Waals surface area contributed by atoms with Crippen LogP contribution in [0.3, 0.4) is 0 Å². The third kappa shape index (κ3) is 2.32. The molecule has 2 aromatic carbocycles. The number of carbonyl (C=O) groups is 3. The molecule has 0 aliphatic carbocycles. The van der Waals surface area contributed by atoms with Crippen LogP contribution in [-0.2, 0) is 0 Å². The number of amides is 3. The van der Waals surface area contributed by atoms with Gasteiger partial charge in [0.25, 0.3) is 17.7 Å². The van der Waals surface area contributed by atoms with E-state index in [-0.39, 0.29) is 11.5 Å². The summed E-state index contributed by atoms with van der Waals surface area (Å²) in [6.45, 7) is 0. The Morgan fingerprint density at radius 1 is 1.00 bits per heavy atom. The molecular formula is C18H16N2O4. The average Bonchev–Trinajstić information content (AvgIpc) is 2.85. The highest BCUT2D eigenvalue weighted by Gasteiger charge is 2.36. The maximum Gasteiger partial charge on any atom is 0.266 e. The number of hydrogen-bond donors (Lipinski definition) is 0. The quantitative estimate of drug-likeness (QED) is 0.812. The number of rotatable bonds is 3. The van der Waals surface area contributed by atoms with Crippen molar-refractivity contribution in [3.63, 3.8) is 0 Å². The number of ether oxygens (including phenoxy) is 1. The molecule has 0 spiro atoms. The van der Waals surface area contributed by atoms with Gasteiger partial charge in [0.15, 0.2) is 0 Å². The fourth-order valence-corrected chi connectivity index (χ4v) is 2.67. The lowest BCUT2D eigenvalue weighted by Gasteiger charge is -2.18. The molecular weight excluding hydrogens is 308 g/mol. The maximum atomic E-state index is 12.6. The second-order valence-corrected chi connectivity index (χ2v) is 5.58.